The van der Waals surface area contributed by atoms with Gasteiger partial charge in [-0.3, -0.25) is 5.43 Å². The summed E-state index contributed by atoms with van der Waals surface area (Å²) in [4.78, 5) is 0. The van der Waals surface area contributed by atoms with Crippen molar-refractivity contribution in [1.82, 2.24) is 10.4 Å². The molecule has 2 bridgehead atoms. The van der Waals surface area contributed by atoms with Gasteiger partial charge in [-0.2, -0.15) is 0 Å². The molecule has 0 amide bonds. The van der Waals surface area contributed by atoms with Gasteiger partial charge in [0.05, 0.1) is 18.8 Å². The predicted octanol–water partition coefficient (Wildman–Crippen LogP) is 0.372. The van der Waals surface area contributed by atoms with E-state index in [-0.39, 0.29) is 0 Å². The summed E-state index contributed by atoms with van der Waals surface area (Å²) in [5.41, 5.74) is 3.43. The molecule has 3 heteroatoms. The standard InChI is InChI=1S/C8H16N2O/c1-6(2)9-10-4-8-3-7(10)5-11-8/h6-9H,3-5H2,1-2H3/t7-,8-/m0/s1. The summed E-state index contributed by atoms with van der Waals surface area (Å²) < 4.78 is 5.48. The fraction of sp³-hybridized carbons (Fsp3) is 1.00. The Balaban J connectivity index is 1.87. The Hall–Kier alpha value is -0.120. The minimum absolute atomic E-state index is 0.506. The van der Waals surface area contributed by atoms with E-state index >= 15 is 0 Å². The first-order valence-corrected chi connectivity index (χ1v) is 4.40. The highest BCUT2D eigenvalue weighted by Gasteiger charge is 2.38. The molecule has 0 aliphatic carbocycles. The Morgan fingerprint density at radius 2 is 2.36 bits per heavy atom. The Labute approximate surface area is 67.7 Å². The SMILES string of the molecule is CC(C)NN1C[C@@H]2C[C@H]1CO2. The van der Waals surface area contributed by atoms with Gasteiger partial charge in [0.1, 0.15) is 0 Å². The van der Waals surface area contributed by atoms with Gasteiger partial charge in [-0.25, -0.2) is 5.01 Å². The zero-order chi connectivity index (χ0) is 7.84. The smallest absolute Gasteiger partial charge is 0.0733 e. The molecule has 2 atom stereocenters. The summed E-state index contributed by atoms with van der Waals surface area (Å²) in [5.74, 6) is 0. The van der Waals surface area contributed by atoms with Crippen molar-refractivity contribution >= 4 is 0 Å². The van der Waals surface area contributed by atoms with Gasteiger partial charge in [-0.1, -0.05) is 0 Å². The summed E-state index contributed by atoms with van der Waals surface area (Å²) in [7, 11) is 0. The largest absolute Gasteiger partial charge is 0.375 e. The maximum atomic E-state index is 5.48. The topological polar surface area (TPSA) is 24.5 Å². The minimum Gasteiger partial charge on any atom is -0.375 e. The number of hydrazine groups is 1. The van der Waals surface area contributed by atoms with Crippen molar-refractivity contribution in [1.29, 1.82) is 0 Å². The van der Waals surface area contributed by atoms with Crippen LogP contribution in [0.25, 0.3) is 0 Å². The Morgan fingerprint density at radius 1 is 1.55 bits per heavy atom. The van der Waals surface area contributed by atoms with Crippen LogP contribution >= 0.6 is 0 Å². The van der Waals surface area contributed by atoms with Crippen LogP contribution in [0.1, 0.15) is 20.3 Å². The molecule has 0 saturated carbocycles. The van der Waals surface area contributed by atoms with Crippen LogP contribution in [0.2, 0.25) is 0 Å². The van der Waals surface area contributed by atoms with Gasteiger partial charge >= 0.3 is 0 Å². The second kappa shape index (κ2) is 2.73. The van der Waals surface area contributed by atoms with Crippen LogP contribution < -0.4 is 5.43 Å². The minimum atomic E-state index is 0.506. The highest BCUT2D eigenvalue weighted by Crippen LogP contribution is 2.25. The maximum Gasteiger partial charge on any atom is 0.0733 e. The fourth-order valence-corrected chi connectivity index (χ4v) is 1.89. The summed E-state index contributed by atoms with van der Waals surface area (Å²) in [5, 5.41) is 2.33. The highest BCUT2D eigenvalue weighted by atomic mass is 16.5. The molecule has 0 radical (unpaired) electrons. The van der Waals surface area contributed by atoms with Crippen LogP contribution in [0.3, 0.4) is 0 Å². The summed E-state index contributed by atoms with van der Waals surface area (Å²) in [6.45, 7) is 6.34. The first-order chi connectivity index (χ1) is 5.25. The zero-order valence-corrected chi connectivity index (χ0v) is 7.21. The number of hydrogen-bond acceptors (Lipinski definition) is 3. The van der Waals surface area contributed by atoms with Gasteiger partial charge in [0, 0.05) is 12.6 Å². The molecule has 2 heterocycles. The van der Waals surface area contributed by atoms with Gasteiger partial charge in [-0.05, 0) is 20.3 Å². The van der Waals surface area contributed by atoms with E-state index in [1.165, 1.54) is 6.42 Å². The molecule has 0 aromatic carbocycles. The quantitative estimate of drug-likeness (QED) is 0.625. The monoisotopic (exact) mass is 156 g/mol. The number of nitrogens with one attached hydrogen (secondary N) is 1. The van der Waals surface area contributed by atoms with Crippen molar-refractivity contribution < 1.29 is 4.74 Å². The lowest BCUT2D eigenvalue weighted by Gasteiger charge is -2.29. The van der Waals surface area contributed by atoms with Crippen molar-refractivity contribution in [2.24, 2.45) is 0 Å². The Morgan fingerprint density at radius 3 is 2.82 bits per heavy atom. The molecule has 64 valence electrons. The Kier molecular flexibility index (Phi) is 1.87. The third kappa shape index (κ3) is 1.41. The van der Waals surface area contributed by atoms with Crippen LogP contribution in [-0.2, 0) is 4.74 Å². The first-order valence-electron chi connectivity index (χ1n) is 4.40. The van der Waals surface area contributed by atoms with E-state index in [1.807, 2.05) is 0 Å². The third-order valence-electron chi connectivity index (χ3n) is 2.32. The molecule has 0 aromatic rings. The molecule has 2 aliphatic heterocycles. The number of nitrogens with zero attached hydrogens (tertiary/aromatic N) is 1. The van der Waals surface area contributed by atoms with Crippen LogP contribution in [0.4, 0.5) is 0 Å². The van der Waals surface area contributed by atoms with Crippen molar-refractivity contribution in [3.05, 3.63) is 0 Å². The van der Waals surface area contributed by atoms with Crippen LogP contribution in [0.15, 0.2) is 0 Å². The molecule has 11 heavy (non-hydrogen) atoms. The van der Waals surface area contributed by atoms with Gasteiger partial charge in [0.2, 0.25) is 0 Å². The highest BCUT2D eigenvalue weighted by molar-refractivity contribution is 4.89. The molecular formula is C8H16N2O. The van der Waals surface area contributed by atoms with E-state index in [0.717, 1.165) is 13.2 Å². The molecule has 2 aliphatic rings. The van der Waals surface area contributed by atoms with Crippen molar-refractivity contribution in [3.63, 3.8) is 0 Å². The van der Waals surface area contributed by atoms with Crippen molar-refractivity contribution in [2.45, 2.75) is 38.5 Å². The molecule has 1 N–H and O–H groups in total. The van der Waals surface area contributed by atoms with E-state index in [4.69, 9.17) is 4.74 Å². The maximum absolute atomic E-state index is 5.48. The number of fused-ring (bicyclic) bond motifs is 2. The first kappa shape index (κ1) is 7.53. The van der Waals surface area contributed by atoms with Crippen LogP contribution in [-0.4, -0.2) is 36.3 Å². The Bertz CT molecular complexity index is 149. The molecule has 2 saturated heterocycles. The molecule has 0 aromatic heterocycles. The van der Waals surface area contributed by atoms with E-state index in [9.17, 15) is 0 Å². The normalized spacial score (nSPS) is 37.4. The molecule has 2 rings (SSSR count). The fourth-order valence-electron chi connectivity index (χ4n) is 1.89. The number of ether oxygens (including phenoxy) is 1. The van der Waals surface area contributed by atoms with E-state index < -0.39 is 0 Å². The summed E-state index contributed by atoms with van der Waals surface area (Å²) >= 11 is 0. The summed E-state index contributed by atoms with van der Waals surface area (Å²) in [6.07, 6.45) is 1.73. The molecule has 0 unspecified atom stereocenters. The van der Waals surface area contributed by atoms with Crippen LogP contribution in [0, 0.1) is 0 Å². The molecule has 0 spiro atoms. The van der Waals surface area contributed by atoms with E-state index in [1.54, 1.807) is 0 Å². The molecule has 2 fully saturated rings. The predicted molar refractivity (Wildman–Crippen MR) is 43.1 cm³/mol. The van der Waals surface area contributed by atoms with Gasteiger partial charge < -0.3 is 4.74 Å². The van der Waals surface area contributed by atoms with Gasteiger partial charge in [-0.15, -0.1) is 0 Å². The number of morpholine rings is 1. The van der Waals surface area contributed by atoms with Crippen molar-refractivity contribution in [2.75, 3.05) is 13.2 Å². The number of rotatable bonds is 2. The molecule has 3 nitrogen and oxygen atoms in total. The van der Waals surface area contributed by atoms with Gasteiger partial charge in [0.15, 0.2) is 0 Å². The second-order valence-corrected chi connectivity index (χ2v) is 3.78. The average Bonchev–Trinajstić information content (AvgIpc) is 2.45. The van der Waals surface area contributed by atoms with Gasteiger partial charge in [0.25, 0.3) is 0 Å². The van der Waals surface area contributed by atoms with Crippen molar-refractivity contribution in [3.8, 4) is 0 Å². The van der Waals surface area contributed by atoms with E-state index in [0.29, 0.717) is 18.2 Å². The molecular weight excluding hydrogens is 140 g/mol. The third-order valence-corrected chi connectivity index (χ3v) is 2.32. The lowest BCUT2D eigenvalue weighted by atomic mass is 10.2. The van der Waals surface area contributed by atoms with Crippen LogP contribution in [0.5, 0.6) is 0 Å². The average molecular weight is 156 g/mol. The lowest BCUT2D eigenvalue weighted by Crippen LogP contribution is -2.49. The lowest BCUT2D eigenvalue weighted by molar-refractivity contribution is 0.00179. The zero-order valence-electron chi connectivity index (χ0n) is 7.21. The second-order valence-electron chi connectivity index (χ2n) is 3.78. The van der Waals surface area contributed by atoms with E-state index in [2.05, 4.69) is 24.3 Å². The number of hydrogen-bond donors (Lipinski definition) is 1. The summed E-state index contributed by atoms with van der Waals surface area (Å²) in [6, 6.07) is 1.19.